The van der Waals surface area contributed by atoms with Crippen molar-refractivity contribution in [1.82, 2.24) is 4.90 Å². The van der Waals surface area contributed by atoms with E-state index in [2.05, 4.69) is 51.8 Å². The molecule has 4 nitrogen and oxygen atoms in total. The third kappa shape index (κ3) is 6.88. The van der Waals surface area contributed by atoms with Crippen LogP contribution in [-0.4, -0.2) is 30.2 Å². The van der Waals surface area contributed by atoms with E-state index in [1.54, 1.807) is 24.4 Å². The average molecular weight is 479 g/mol. The SMILES string of the molecule is CCN(CC)Cc1ccc(N=Cc2cc(Br)cc(OC(=O)c3cccc(C)c3)c2)cc1. The number of benzene rings is 3. The molecule has 0 bridgehead atoms. The molecular formula is C26H27BrN2O2. The summed E-state index contributed by atoms with van der Waals surface area (Å²) in [6, 6.07) is 21.1. The van der Waals surface area contributed by atoms with Crippen molar-refractivity contribution in [3.8, 4) is 5.75 Å². The van der Waals surface area contributed by atoms with Crippen molar-refractivity contribution in [1.29, 1.82) is 0 Å². The number of carbonyl (C=O) groups is 1. The molecule has 3 aromatic rings. The van der Waals surface area contributed by atoms with Gasteiger partial charge in [-0.15, -0.1) is 0 Å². The number of halogens is 1. The number of aryl methyl sites for hydroxylation is 1. The van der Waals surface area contributed by atoms with Crippen molar-refractivity contribution in [3.05, 3.63) is 93.5 Å². The molecule has 0 saturated heterocycles. The van der Waals surface area contributed by atoms with E-state index in [1.807, 2.05) is 43.3 Å². The highest BCUT2D eigenvalue weighted by Crippen LogP contribution is 2.23. The zero-order valence-corrected chi connectivity index (χ0v) is 19.7. The molecule has 0 aromatic heterocycles. The Morgan fingerprint density at radius 2 is 1.77 bits per heavy atom. The Bertz CT molecular complexity index is 1060. The lowest BCUT2D eigenvalue weighted by atomic mass is 10.1. The van der Waals surface area contributed by atoms with Gasteiger partial charge in [-0.2, -0.15) is 0 Å². The van der Waals surface area contributed by atoms with E-state index in [0.717, 1.165) is 40.9 Å². The van der Waals surface area contributed by atoms with Crippen LogP contribution in [0.4, 0.5) is 5.69 Å². The number of carbonyl (C=O) groups excluding carboxylic acids is 1. The van der Waals surface area contributed by atoms with Crippen LogP contribution in [0.5, 0.6) is 5.75 Å². The molecule has 0 amide bonds. The van der Waals surface area contributed by atoms with Gasteiger partial charge in [-0.05, 0) is 73.6 Å². The number of rotatable bonds is 8. The fourth-order valence-electron chi connectivity index (χ4n) is 3.20. The standard InChI is InChI=1S/C26H27BrN2O2/c1-4-29(5-2)18-20-9-11-24(12-10-20)28-17-21-14-23(27)16-25(15-21)31-26(30)22-8-6-7-19(3)13-22/h6-17H,4-5,18H2,1-3H3. The van der Waals surface area contributed by atoms with Crippen molar-refractivity contribution in [2.75, 3.05) is 13.1 Å². The molecule has 0 saturated carbocycles. The molecule has 31 heavy (non-hydrogen) atoms. The number of ether oxygens (including phenoxy) is 1. The van der Waals surface area contributed by atoms with Crippen LogP contribution in [-0.2, 0) is 6.54 Å². The van der Waals surface area contributed by atoms with Gasteiger partial charge in [-0.1, -0.05) is 59.6 Å². The number of esters is 1. The van der Waals surface area contributed by atoms with Crippen molar-refractivity contribution in [2.45, 2.75) is 27.3 Å². The van der Waals surface area contributed by atoms with Crippen LogP contribution in [0.1, 0.15) is 40.9 Å². The first-order chi connectivity index (χ1) is 15.0. The summed E-state index contributed by atoms with van der Waals surface area (Å²) in [6.07, 6.45) is 1.77. The van der Waals surface area contributed by atoms with Crippen LogP contribution in [0.25, 0.3) is 0 Å². The molecule has 0 spiro atoms. The minimum Gasteiger partial charge on any atom is -0.423 e. The van der Waals surface area contributed by atoms with Gasteiger partial charge in [-0.25, -0.2) is 4.79 Å². The summed E-state index contributed by atoms with van der Waals surface area (Å²) < 4.78 is 6.39. The molecule has 3 rings (SSSR count). The maximum Gasteiger partial charge on any atom is 0.343 e. The second kappa shape index (κ2) is 11.0. The molecule has 0 N–H and O–H groups in total. The van der Waals surface area contributed by atoms with E-state index in [0.29, 0.717) is 11.3 Å². The molecule has 0 unspecified atom stereocenters. The number of hydrogen-bond acceptors (Lipinski definition) is 4. The van der Waals surface area contributed by atoms with Crippen LogP contribution in [0, 0.1) is 6.92 Å². The fourth-order valence-corrected chi connectivity index (χ4v) is 3.69. The van der Waals surface area contributed by atoms with E-state index in [1.165, 1.54) is 5.56 Å². The Morgan fingerprint density at radius 3 is 2.45 bits per heavy atom. The van der Waals surface area contributed by atoms with E-state index < -0.39 is 0 Å². The molecule has 3 aromatic carbocycles. The second-order valence-electron chi connectivity index (χ2n) is 7.37. The van der Waals surface area contributed by atoms with E-state index in [-0.39, 0.29) is 5.97 Å². The quantitative estimate of drug-likeness (QED) is 0.209. The summed E-state index contributed by atoms with van der Waals surface area (Å²) in [5.41, 5.74) is 4.53. The van der Waals surface area contributed by atoms with Gasteiger partial charge in [0.05, 0.1) is 11.3 Å². The summed E-state index contributed by atoms with van der Waals surface area (Å²) in [6.45, 7) is 9.31. The zero-order chi connectivity index (χ0) is 22.2. The predicted molar refractivity (Wildman–Crippen MR) is 131 cm³/mol. The smallest absolute Gasteiger partial charge is 0.343 e. The summed E-state index contributed by atoms with van der Waals surface area (Å²) in [5.74, 6) is 0.0883. The van der Waals surface area contributed by atoms with E-state index in [9.17, 15) is 4.79 Å². The number of hydrogen-bond donors (Lipinski definition) is 0. The van der Waals surface area contributed by atoms with Crippen molar-refractivity contribution in [2.24, 2.45) is 4.99 Å². The lowest BCUT2D eigenvalue weighted by Gasteiger charge is -2.17. The van der Waals surface area contributed by atoms with Gasteiger partial charge in [0.25, 0.3) is 0 Å². The predicted octanol–water partition coefficient (Wildman–Crippen LogP) is 6.57. The Balaban J connectivity index is 1.70. The lowest BCUT2D eigenvalue weighted by molar-refractivity contribution is 0.0734. The molecule has 0 fully saturated rings. The van der Waals surface area contributed by atoms with E-state index >= 15 is 0 Å². The van der Waals surface area contributed by atoms with Crippen molar-refractivity contribution in [3.63, 3.8) is 0 Å². The molecule has 5 heteroatoms. The van der Waals surface area contributed by atoms with Gasteiger partial charge >= 0.3 is 5.97 Å². The monoisotopic (exact) mass is 478 g/mol. The van der Waals surface area contributed by atoms with E-state index in [4.69, 9.17) is 4.74 Å². The Kier molecular flexibility index (Phi) is 8.15. The van der Waals surface area contributed by atoms with Crippen molar-refractivity contribution < 1.29 is 9.53 Å². The molecule has 0 heterocycles. The normalized spacial score (nSPS) is 11.3. The van der Waals surface area contributed by atoms with Gasteiger partial charge in [0, 0.05) is 17.2 Å². The number of nitrogens with zero attached hydrogens (tertiary/aromatic N) is 2. The van der Waals surface area contributed by atoms with Gasteiger partial charge in [0.15, 0.2) is 0 Å². The van der Waals surface area contributed by atoms with Crippen LogP contribution in [0.2, 0.25) is 0 Å². The maximum absolute atomic E-state index is 12.4. The fraction of sp³-hybridized carbons (Fsp3) is 0.231. The van der Waals surface area contributed by atoms with Crippen LogP contribution < -0.4 is 4.74 Å². The summed E-state index contributed by atoms with van der Waals surface area (Å²) >= 11 is 3.49. The van der Waals surface area contributed by atoms with Crippen LogP contribution in [0.15, 0.2) is 76.2 Å². The molecule has 0 aliphatic carbocycles. The Hall–Kier alpha value is -2.76. The first-order valence-electron chi connectivity index (χ1n) is 10.4. The summed E-state index contributed by atoms with van der Waals surface area (Å²) in [5, 5.41) is 0. The van der Waals surface area contributed by atoms with Gasteiger partial charge < -0.3 is 4.74 Å². The van der Waals surface area contributed by atoms with Gasteiger partial charge in [0.1, 0.15) is 5.75 Å². The number of aliphatic imine (C=N–C) groups is 1. The second-order valence-corrected chi connectivity index (χ2v) is 8.28. The molecule has 0 aliphatic rings. The first-order valence-corrected chi connectivity index (χ1v) is 11.2. The average Bonchev–Trinajstić information content (AvgIpc) is 2.76. The largest absolute Gasteiger partial charge is 0.423 e. The summed E-state index contributed by atoms with van der Waals surface area (Å²) in [7, 11) is 0. The van der Waals surface area contributed by atoms with Crippen LogP contribution in [0.3, 0.4) is 0 Å². The minimum atomic E-state index is -0.381. The molecule has 0 aliphatic heterocycles. The Morgan fingerprint density at radius 1 is 1.03 bits per heavy atom. The third-order valence-corrected chi connectivity index (χ3v) is 5.42. The Labute approximate surface area is 192 Å². The van der Waals surface area contributed by atoms with Gasteiger partial charge in [-0.3, -0.25) is 9.89 Å². The highest BCUT2D eigenvalue weighted by atomic mass is 79.9. The molecule has 0 atom stereocenters. The van der Waals surface area contributed by atoms with Crippen molar-refractivity contribution >= 4 is 33.8 Å². The summed E-state index contributed by atoms with van der Waals surface area (Å²) in [4.78, 5) is 19.4. The molecule has 0 radical (unpaired) electrons. The minimum absolute atomic E-state index is 0.381. The molecule has 160 valence electrons. The van der Waals surface area contributed by atoms with Crippen LogP contribution >= 0.6 is 15.9 Å². The topological polar surface area (TPSA) is 41.9 Å². The lowest BCUT2D eigenvalue weighted by Crippen LogP contribution is -2.21. The third-order valence-electron chi connectivity index (χ3n) is 4.96. The highest BCUT2D eigenvalue weighted by molar-refractivity contribution is 9.10. The first kappa shape index (κ1) is 22.9. The van der Waals surface area contributed by atoms with Gasteiger partial charge in [0.2, 0.25) is 0 Å². The highest BCUT2D eigenvalue weighted by Gasteiger charge is 2.10. The zero-order valence-electron chi connectivity index (χ0n) is 18.1. The molecular weight excluding hydrogens is 452 g/mol. The maximum atomic E-state index is 12.4.